The van der Waals surface area contributed by atoms with Crippen molar-refractivity contribution in [2.24, 2.45) is 5.73 Å². The van der Waals surface area contributed by atoms with E-state index in [1.54, 1.807) is 35.6 Å². The van der Waals surface area contributed by atoms with Crippen molar-refractivity contribution in [2.75, 3.05) is 0 Å². The molecule has 0 amide bonds. The maximum atomic E-state index is 12.2. The third-order valence-corrected chi connectivity index (χ3v) is 5.36. The van der Waals surface area contributed by atoms with Crippen molar-refractivity contribution < 1.29 is 8.42 Å². The molecule has 1 aromatic carbocycles. The predicted octanol–water partition coefficient (Wildman–Crippen LogP) is 2.56. The van der Waals surface area contributed by atoms with Crippen LogP contribution in [-0.2, 0) is 15.8 Å². The Balaban J connectivity index is 2.05. The molecule has 0 spiro atoms. The molecule has 0 aliphatic carbocycles. The molecule has 0 saturated carbocycles. The van der Waals surface area contributed by atoms with Gasteiger partial charge in [-0.05, 0) is 34.9 Å². The van der Waals surface area contributed by atoms with Gasteiger partial charge in [-0.25, -0.2) is 13.1 Å². The van der Waals surface area contributed by atoms with E-state index >= 15 is 0 Å². The third-order valence-electron chi connectivity index (χ3n) is 2.99. The number of thiocarbonyl (C=S) groups is 1. The number of hydrogen-bond donors (Lipinski definition) is 2. The zero-order valence-corrected chi connectivity index (χ0v) is 13.9. The molecule has 2 aromatic rings. The highest BCUT2D eigenvalue weighted by Crippen LogP contribution is 2.17. The lowest BCUT2D eigenvalue weighted by molar-refractivity contribution is 0.566. The van der Waals surface area contributed by atoms with Crippen molar-refractivity contribution in [1.29, 1.82) is 0 Å². The number of thiophene rings is 1. The van der Waals surface area contributed by atoms with Crippen LogP contribution in [0.15, 0.2) is 41.1 Å². The minimum atomic E-state index is -3.40. The second-order valence-electron chi connectivity index (χ2n) is 4.72. The number of rotatable bonds is 6. The van der Waals surface area contributed by atoms with Crippen LogP contribution < -0.4 is 10.5 Å². The Bertz CT molecular complexity index is 707. The van der Waals surface area contributed by atoms with E-state index in [0.29, 0.717) is 10.6 Å². The normalized spacial score (nSPS) is 13.0. The van der Waals surface area contributed by atoms with Crippen LogP contribution in [0.2, 0.25) is 0 Å². The lowest BCUT2D eigenvalue weighted by Crippen LogP contribution is -2.27. The Hall–Kier alpha value is -1.28. The van der Waals surface area contributed by atoms with Gasteiger partial charge in [-0.1, -0.05) is 36.5 Å². The zero-order chi connectivity index (χ0) is 15.5. The summed E-state index contributed by atoms with van der Waals surface area (Å²) < 4.78 is 27.0. The Labute approximate surface area is 134 Å². The van der Waals surface area contributed by atoms with Gasteiger partial charge in [0, 0.05) is 11.6 Å². The minimum absolute atomic E-state index is 0.0703. The first-order chi connectivity index (χ1) is 9.87. The summed E-state index contributed by atoms with van der Waals surface area (Å²) in [5, 5.41) is 3.86. The number of benzene rings is 1. The van der Waals surface area contributed by atoms with Crippen LogP contribution in [0.1, 0.15) is 29.7 Å². The van der Waals surface area contributed by atoms with Crippen molar-refractivity contribution in [1.82, 2.24) is 4.72 Å². The standard InChI is InChI=1S/C14H16N2O2S3/c1-10(13-6-7-20-8-13)16-21(17,18)9-11-2-4-12(5-3-11)14(15)19/h2-8,10,16H,9H2,1H3,(H2,15,19). The number of nitrogens with one attached hydrogen (secondary N) is 1. The van der Waals surface area contributed by atoms with Gasteiger partial charge >= 0.3 is 0 Å². The maximum Gasteiger partial charge on any atom is 0.216 e. The third kappa shape index (κ3) is 4.60. The predicted molar refractivity (Wildman–Crippen MR) is 90.8 cm³/mol. The first kappa shape index (κ1) is 16.1. The van der Waals surface area contributed by atoms with Crippen molar-refractivity contribution in [3.05, 3.63) is 57.8 Å². The number of sulfonamides is 1. The topological polar surface area (TPSA) is 72.2 Å². The van der Waals surface area contributed by atoms with Crippen LogP contribution in [0.3, 0.4) is 0 Å². The molecule has 112 valence electrons. The van der Waals surface area contributed by atoms with Crippen LogP contribution in [0, 0.1) is 0 Å². The lowest BCUT2D eigenvalue weighted by Gasteiger charge is -2.13. The van der Waals surface area contributed by atoms with Crippen LogP contribution >= 0.6 is 23.6 Å². The summed E-state index contributed by atoms with van der Waals surface area (Å²) in [5.41, 5.74) is 7.90. The SMILES string of the molecule is CC(NS(=O)(=O)Cc1ccc(C(N)=S)cc1)c1ccsc1. The number of hydrogen-bond acceptors (Lipinski definition) is 4. The molecule has 2 rings (SSSR count). The molecule has 0 aliphatic heterocycles. The molecule has 1 heterocycles. The van der Waals surface area contributed by atoms with Crippen molar-refractivity contribution in [3.8, 4) is 0 Å². The van der Waals surface area contributed by atoms with Crippen LogP contribution in [0.5, 0.6) is 0 Å². The monoisotopic (exact) mass is 340 g/mol. The molecule has 0 saturated heterocycles. The molecule has 0 radical (unpaired) electrons. The molecular formula is C14H16N2O2S3. The van der Waals surface area contributed by atoms with E-state index in [1.807, 2.05) is 23.8 Å². The molecule has 3 N–H and O–H groups in total. The van der Waals surface area contributed by atoms with E-state index in [4.69, 9.17) is 18.0 Å². The van der Waals surface area contributed by atoms with E-state index in [1.165, 1.54) is 0 Å². The van der Waals surface area contributed by atoms with Gasteiger partial charge < -0.3 is 5.73 Å². The van der Waals surface area contributed by atoms with Crippen LogP contribution in [0.25, 0.3) is 0 Å². The Kier molecular flexibility index (Phi) is 5.10. The fourth-order valence-corrected chi connectivity index (χ4v) is 4.16. The van der Waals surface area contributed by atoms with Crippen molar-refractivity contribution >= 4 is 38.6 Å². The van der Waals surface area contributed by atoms with Gasteiger partial charge in [0.25, 0.3) is 0 Å². The smallest absolute Gasteiger partial charge is 0.216 e. The average molecular weight is 340 g/mol. The second kappa shape index (κ2) is 6.65. The molecule has 1 aromatic heterocycles. The van der Waals surface area contributed by atoms with Gasteiger partial charge in [-0.15, -0.1) is 0 Å². The fraction of sp³-hybridized carbons (Fsp3) is 0.214. The highest BCUT2D eigenvalue weighted by Gasteiger charge is 2.16. The first-order valence-corrected chi connectivity index (χ1v) is 9.28. The van der Waals surface area contributed by atoms with Gasteiger partial charge in [-0.3, -0.25) is 0 Å². The van der Waals surface area contributed by atoms with E-state index in [9.17, 15) is 8.42 Å². The highest BCUT2D eigenvalue weighted by atomic mass is 32.2. The Morgan fingerprint density at radius 1 is 1.33 bits per heavy atom. The zero-order valence-electron chi connectivity index (χ0n) is 11.4. The molecular weight excluding hydrogens is 324 g/mol. The molecule has 1 atom stereocenters. The van der Waals surface area contributed by atoms with Crippen LogP contribution in [0.4, 0.5) is 0 Å². The molecule has 4 nitrogen and oxygen atoms in total. The summed E-state index contributed by atoms with van der Waals surface area (Å²) in [5.74, 6) is -0.0703. The van der Waals surface area contributed by atoms with Gasteiger partial charge in [0.1, 0.15) is 4.99 Å². The Morgan fingerprint density at radius 3 is 2.52 bits per heavy atom. The second-order valence-corrected chi connectivity index (χ2v) is 7.69. The van der Waals surface area contributed by atoms with Gasteiger partial charge in [0.05, 0.1) is 5.75 Å². The molecule has 0 bridgehead atoms. The fourth-order valence-electron chi connectivity index (χ4n) is 1.89. The summed E-state index contributed by atoms with van der Waals surface area (Å²) in [6, 6.07) is 8.59. The lowest BCUT2D eigenvalue weighted by atomic mass is 10.1. The van der Waals surface area contributed by atoms with Gasteiger partial charge in [0.15, 0.2) is 0 Å². The molecule has 0 fully saturated rings. The van der Waals surface area contributed by atoms with Crippen molar-refractivity contribution in [3.63, 3.8) is 0 Å². The average Bonchev–Trinajstić information content (AvgIpc) is 2.92. The van der Waals surface area contributed by atoms with E-state index in [0.717, 1.165) is 11.1 Å². The molecule has 21 heavy (non-hydrogen) atoms. The summed E-state index contributed by atoms with van der Waals surface area (Å²) in [4.78, 5) is 0.300. The maximum absolute atomic E-state index is 12.2. The van der Waals surface area contributed by atoms with E-state index in [-0.39, 0.29) is 11.8 Å². The van der Waals surface area contributed by atoms with Crippen LogP contribution in [-0.4, -0.2) is 13.4 Å². The summed E-state index contributed by atoms with van der Waals surface area (Å²) in [6.45, 7) is 1.83. The first-order valence-electron chi connectivity index (χ1n) is 6.28. The molecule has 0 aliphatic rings. The van der Waals surface area contributed by atoms with Crippen molar-refractivity contribution in [2.45, 2.75) is 18.7 Å². The quantitative estimate of drug-likeness (QED) is 0.793. The summed E-state index contributed by atoms with van der Waals surface area (Å²) in [6.07, 6.45) is 0. The largest absolute Gasteiger partial charge is 0.389 e. The summed E-state index contributed by atoms with van der Waals surface area (Å²) >= 11 is 6.41. The number of nitrogens with two attached hydrogens (primary N) is 1. The Morgan fingerprint density at radius 2 is 2.00 bits per heavy atom. The van der Waals surface area contributed by atoms with E-state index in [2.05, 4.69) is 4.72 Å². The minimum Gasteiger partial charge on any atom is -0.389 e. The van der Waals surface area contributed by atoms with Gasteiger partial charge in [-0.2, -0.15) is 11.3 Å². The van der Waals surface area contributed by atoms with E-state index < -0.39 is 10.0 Å². The molecule has 1 unspecified atom stereocenters. The van der Waals surface area contributed by atoms with Gasteiger partial charge in [0.2, 0.25) is 10.0 Å². The highest BCUT2D eigenvalue weighted by molar-refractivity contribution is 7.88. The molecule has 7 heteroatoms. The summed E-state index contributed by atoms with van der Waals surface area (Å²) in [7, 11) is -3.40.